The Hall–Kier alpha value is -2.93. The third kappa shape index (κ3) is 7.06. The first-order valence-corrected chi connectivity index (χ1v) is 13.0. The van der Waals surface area contributed by atoms with Crippen LogP contribution in [0.2, 0.25) is 0 Å². The molecule has 0 saturated carbocycles. The number of methoxy groups -OCH3 is 1. The van der Waals surface area contributed by atoms with Crippen molar-refractivity contribution in [1.29, 1.82) is 0 Å². The summed E-state index contributed by atoms with van der Waals surface area (Å²) < 4.78 is 37.8. The van der Waals surface area contributed by atoms with E-state index in [1.54, 1.807) is 20.8 Å². The lowest BCUT2D eigenvalue weighted by molar-refractivity contribution is -0.155. The van der Waals surface area contributed by atoms with Gasteiger partial charge >= 0.3 is 12.1 Å². The molecule has 202 valence electrons. The summed E-state index contributed by atoms with van der Waals surface area (Å²) >= 11 is 0. The molecule has 2 heterocycles. The minimum atomic E-state index is -4.09. The Morgan fingerprint density at radius 1 is 1.22 bits per heavy atom. The van der Waals surface area contributed by atoms with Crippen LogP contribution < -0.4 is 4.74 Å². The summed E-state index contributed by atoms with van der Waals surface area (Å²) in [6, 6.07) is -1.13. The molecular weight excluding hydrogens is 492 g/mol. The molecule has 2 amide bonds. The maximum Gasteiger partial charge on any atom is 0.410 e. The standard InChI is InChI=1S/C23H36N4O8S/c1-15(2)10-18(25(6)22(31)35-23(3,4)5)20(28)27-9-8-26(14-19(27)21(29)30)36(32,33)17-11-16(34-7)12-24-13-17/h11-13,15,18-19H,8-10,14H2,1-7H3,(H,29,30)/t18?,19-/m1/s1. The van der Waals surface area contributed by atoms with E-state index in [0.29, 0.717) is 0 Å². The summed E-state index contributed by atoms with van der Waals surface area (Å²) in [6.07, 6.45) is 2.07. The van der Waals surface area contributed by atoms with Crippen molar-refractivity contribution in [2.24, 2.45) is 5.92 Å². The molecule has 1 aliphatic heterocycles. The van der Waals surface area contributed by atoms with E-state index in [0.717, 1.165) is 15.4 Å². The van der Waals surface area contributed by atoms with Crippen LogP contribution in [0.3, 0.4) is 0 Å². The van der Waals surface area contributed by atoms with Gasteiger partial charge in [-0.2, -0.15) is 4.31 Å². The normalized spacial score (nSPS) is 18.0. The molecule has 1 fully saturated rings. The highest BCUT2D eigenvalue weighted by molar-refractivity contribution is 7.89. The van der Waals surface area contributed by atoms with Gasteiger partial charge in [0.15, 0.2) is 0 Å². The highest BCUT2D eigenvalue weighted by atomic mass is 32.2. The van der Waals surface area contributed by atoms with Crippen LogP contribution in [0.25, 0.3) is 0 Å². The second-order valence-electron chi connectivity index (χ2n) is 10.0. The molecule has 0 bridgehead atoms. The molecule has 12 nitrogen and oxygen atoms in total. The van der Waals surface area contributed by atoms with Crippen LogP contribution in [-0.4, -0.2) is 102 Å². The first-order chi connectivity index (χ1) is 16.6. The van der Waals surface area contributed by atoms with Crippen LogP contribution >= 0.6 is 0 Å². The van der Waals surface area contributed by atoms with E-state index in [9.17, 15) is 27.9 Å². The zero-order chi connectivity index (χ0) is 27.4. The average Bonchev–Trinajstić information content (AvgIpc) is 2.80. The summed E-state index contributed by atoms with van der Waals surface area (Å²) in [4.78, 5) is 44.5. The second kappa shape index (κ2) is 11.4. The highest BCUT2D eigenvalue weighted by Crippen LogP contribution is 2.25. The third-order valence-electron chi connectivity index (χ3n) is 5.60. The first kappa shape index (κ1) is 29.3. The minimum Gasteiger partial charge on any atom is -0.495 e. The van der Waals surface area contributed by atoms with Gasteiger partial charge in [-0.15, -0.1) is 0 Å². The molecule has 1 N–H and O–H groups in total. The number of likely N-dealkylation sites (N-methyl/N-ethyl adjacent to an activating group) is 1. The number of amides is 2. The fraction of sp³-hybridized carbons (Fsp3) is 0.652. The number of nitrogens with zero attached hydrogens (tertiary/aromatic N) is 4. The number of sulfonamides is 1. The Balaban J connectivity index is 2.32. The van der Waals surface area contributed by atoms with Crippen LogP contribution in [0.1, 0.15) is 41.0 Å². The van der Waals surface area contributed by atoms with Gasteiger partial charge in [0, 0.05) is 38.9 Å². The first-order valence-electron chi connectivity index (χ1n) is 11.6. The highest BCUT2D eigenvalue weighted by Gasteiger charge is 2.43. The number of carboxylic acid groups (broad SMARTS) is 1. The van der Waals surface area contributed by atoms with E-state index in [2.05, 4.69) is 4.98 Å². The van der Waals surface area contributed by atoms with Crippen molar-refractivity contribution in [2.75, 3.05) is 33.8 Å². The van der Waals surface area contributed by atoms with Gasteiger partial charge in [0.1, 0.15) is 28.3 Å². The maximum absolute atomic E-state index is 13.6. The number of rotatable bonds is 8. The predicted octanol–water partition coefficient (Wildman–Crippen LogP) is 1.66. The minimum absolute atomic E-state index is 0.00865. The summed E-state index contributed by atoms with van der Waals surface area (Å²) in [5.74, 6) is -1.68. The number of hydrogen-bond donors (Lipinski definition) is 1. The molecule has 2 rings (SSSR count). The number of aromatic nitrogens is 1. The van der Waals surface area contributed by atoms with Gasteiger partial charge in [-0.25, -0.2) is 18.0 Å². The van der Waals surface area contributed by atoms with Gasteiger partial charge in [-0.05, 0) is 33.1 Å². The van der Waals surface area contributed by atoms with E-state index in [4.69, 9.17) is 9.47 Å². The van der Waals surface area contributed by atoms with Crippen LogP contribution in [0.15, 0.2) is 23.4 Å². The monoisotopic (exact) mass is 528 g/mol. The Labute approximate surface area is 212 Å². The van der Waals surface area contributed by atoms with Crippen molar-refractivity contribution in [1.82, 2.24) is 19.1 Å². The Morgan fingerprint density at radius 2 is 1.86 bits per heavy atom. The Kier molecular flexibility index (Phi) is 9.29. The van der Waals surface area contributed by atoms with Crippen molar-refractivity contribution in [3.63, 3.8) is 0 Å². The fourth-order valence-corrected chi connectivity index (χ4v) is 5.19. The lowest BCUT2D eigenvalue weighted by atomic mass is 10.00. The molecule has 36 heavy (non-hydrogen) atoms. The van der Waals surface area contributed by atoms with E-state index >= 15 is 0 Å². The number of aliphatic carboxylic acids is 1. The molecule has 1 unspecified atom stereocenters. The van der Waals surface area contributed by atoms with Crippen molar-refractivity contribution in [2.45, 2.75) is 63.6 Å². The molecule has 1 aromatic heterocycles. The van der Waals surface area contributed by atoms with E-state index in [-0.39, 0.29) is 36.1 Å². The van der Waals surface area contributed by atoms with Gasteiger partial charge in [-0.1, -0.05) is 13.8 Å². The topological polar surface area (TPSA) is 147 Å². The molecule has 0 radical (unpaired) electrons. The molecule has 13 heteroatoms. The zero-order valence-corrected chi connectivity index (χ0v) is 22.6. The largest absolute Gasteiger partial charge is 0.495 e. The van der Waals surface area contributed by atoms with Crippen LogP contribution in [0, 0.1) is 5.92 Å². The van der Waals surface area contributed by atoms with Crippen molar-refractivity contribution in [3.05, 3.63) is 18.5 Å². The van der Waals surface area contributed by atoms with Gasteiger partial charge in [-0.3, -0.25) is 14.7 Å². The third-order valence-corrected chi connectivity index (χ3v) is 7.43. The summed E-state index contributed by atoms with van der Waals surface area (Å²) in [7, 11) is -1.28. The molecule has 1 aromatic rings. The van der Waals surface area contributed by atoms with Crippen LogP contribution in [-0.2, 0) is 24.3 Å². The Morgan fingerprint density at radius 3 is 2.39 bits per heavy atom. The summed E-state index contributed by atoms with van der Waals surface area (Å²) in [5.41, 5.74) is -0.782. The number of carboxylic acids is 1. The van der Waals surface area contributed by atoms with Crippen molar-refractivity contribution in [3.8, 4) is 5.75 Å². The van der Waals surface area contributed by atoms with Gasteiger partial charge < -0.3 is 19.5 Å². The molecule has 1 aliphatic rings. The maximum atomic E-state index is 13.6. The number of piperazine rings is 1. The van der Waals surface area contributed by atoms with E-state index in [1.807, 2.05) is 13.8 Å². The van der Waals surface area contributed by atoms with E-state index in [1.165, 1.54) is 31.3 Å². The van der Waals surface area contributed by atoms with Crippen LogP contribution in [0.5, 0.6) is 5.75 Å². The van der Waals surface area contributed by atoms with Gasteiger partial charge in [0.05, 0.1) is 13.3 Å². The Bertz CT molecular complexity index is 1070. The molecular formula is C23H36N4O8S. The molecule has 0 aromatic carbocycles. The van der Waals surface area contributed by atoms with Gasteiger partial charge in [0.25, 0.3) is 0 Å². The molecule has 0 spiro atoms. The lowest BCUT2D eigenvalue weighted by Gasteiger charge is -2.41. The summed E-state index contributed by atoms with van der Waals surface area (Å²) in [5, 5.41) is 9.91. The summed E-state index contributed by atoms with van der Waals surface area (Å²) in [6.45, 7) is 8.13. The number of ether oxygens (including phenoxy) is 2. The lowest BCUT2D eigenvalue weighted by Crippen LogP contribution is -2.63. The number of pyridine rings is 1. The fourth-order valence-electron chi connectivity index (χ4n) is 3.78. The predicted molar refractivity (Wildman–Crippen MR) is 130 cm³/mol. The number of carbonyl (C=O) groups is 3. The van der Waals surface area contributed by atoms with Crippen molar-refractivity contribution >= 4 is 28.0 Å². The zero-order valence-electron chi connectivity index (χ0n) is 21.8. The van der Waals surface area contributed by atoms with Crippen molar-refractivity contribution < 1.29 is 37.4 Å². The average molecular weight is 529 g/mol. The molecule has 0 aliphatic carbocycles. The number of hydrogen-bond acceptors (Lipinski definition) is 8. The molecule has 2 atom stereocenters. The van der Waals surface area contributed by atoms with Crippen LogP contribution in [0.4, 0.5) is 4.79 Å². The quantitative estimate of drug-likeness (QED) is 0.532. The SMILES string of the molecule is COc1cncc(S(=O)(=O)N2CCN(C(=O)C(CC(C)C)N(C)C(=O)OC(C)(C)C)[C@@H](C(=O)O)C2)c1. The smallest absolute Gasteiger partial charge is 0.410 e. The number of carbonyl (C=O) groups excluding carboxylic acids is 2. The molecule has 1 saturated heterocycles. The van der Waals surface area contributed by atoms with Gasteiger partial charge in [0.2, 0.25) is 15.9 Å². The van der Waals surface area contributed by atoms with E-state index < -0.39 is 52.2 Å². The second-order valence-corrected chi connectivity index (χ2v) is 12.0.